The first-order chi connectivity index (χ1) is 30.4. The van der Waals surface area contributed by atoms with E-state index in [4.69, 9.17) is 9.40 Å². The van der Waals surface area contributed by atoms with Crippen LogP contribution in [0.25, 0.3) is 83.6 Å². The largest absolute Gasteiger partial charge is 0 e. The molecule has 4 nitrogen and oxygen atoms in total. The normalized spacial score (nSPS) is 11.6. The maximum absolute atomic E-state index is 12.8. The first kappa shape index (κ1) is 44.7. The van der Waals surface area contributed by atoms with Crippen molar-refractivity contribution >= 4 is 50.6 Å². The average Bonchev–Trinajstić information content (AvgIpc) is 3.88. The van der Waals surface area contributed by atoms with Gasteiger partial charge in [0.1, 0.15) is 5.58 Å². The molecule has 10 aromatic rings. The Kier molecular flexibility index (Phi) is 13.0. The van der Waals surface area contributed by atoms with Crippen LogP contribution < -0.4 is 4.40 Å². The molecule has 0 saturated carbocycles. The molecule has 0 aliphatic heterocycles. The Balaban J connectivity index is 0.000000262. The maximum Gasteiger partial charge on any atom is 0 e. The van der Waals surface area contributed by atoms with Gasteiger partial charge in [0.25, 0.3) is 0 Å². The summed E-state index contributed by atoms with van der Waals surface area (Å²) >= 11 is -1.79. The third kappa shape index (κ3) is 8.92. The minimum absolute atomic E-state index is 0. The molecular formula is C57H50FGeIrN3O-2. The fourth-order valence-corrected chi connectivity index (χ4v) is 10.5. The number of rotatable bonds is 8. The Bertz CT molecular complexity index is 3180. The van der Waals surface area contributed by atoms with Crippen molar-refractivity contribution in [3.05, 3.63) is 193 Å². The van der Waals surface area contributed by atoms with Crippen molar-refractivity contribution in [1.29, 1.82) is 0 Å². The van der Waals surface area contributed by atoms with Crippen LogP contribution in [0.15, 0.2) is 168 Å². The van der Waals surface area contributed by atoms with E-state index in [1.165, 1.54) is 50.0 Å². The summed E-state index contributed by atoms with van der Waals surface area (Å²) in [7, 11) is 0. The molecule has 0 bridgehead atoms. The van der Waals surface area contributed by atoms with E-state index in [0.29, 0.717) is 0 Å². The van der Waals surface area contributed by atoms with Gasteiger partial charge in [0.2, 0.25) is 0 Å². The number of para-hydroxylation sites is 2. The second kappa shape index (κ2) is 18.7. The van der Waals surface area contributed by atoms with E-state index >= 15 is 0 Å². The Morgan fingerprint density at radius 1 is 0.641 bits per heavy atom. The number of fused-ring (bicyclic) bond motifs is 4. The number of hydrogen-bond donors (Lipinski definition) is 0. The fourth-order valence-electron chi connectivity index (χ4n) is 8.32. The standard InChI is InChI=1S/C43H35N2O.C14H15FGeN.Ir/c1-27(2)36-24-32(30-16-9-6-10-17-30)25-37(28(3)4)41(36)45-39-21-12-11-20-38(39)44-43(45)35-19-13-18-34-33-23-22-31(26-40(33)46-42(34)35)29-14-7-5-8-15-29;1-16(2,3)13-8-9-14(17-10-13)11-4-6-12(15)7-5-11;/h5-18,20-28H,1-4H3;4,6-10H,1-3H3;/q2*-1;. The molecule has 3 aromatic heterocycles. The van der Waals surface area contributed by atoms with Gasteiger partial charge >= 0.3 is 104 Å². The van der Waals surface area contributed by atoms with Gasteiger partial charge in [-0.1, -0.05) is 124 Å². The summed E-state index contributed by atoms with van der Waals surface area (Å²) in [6.45, 7) is 9.14. The Morgan fingerprint density at radius 3 is 1.91 bits per heavy atom. The SMILES string of the molecule is CC(C)c1cc(-c2ccccc2)cc(C(C)C)c1-n1c(-c2[c-]ccc3c2oc2cc(-c4ccccc4)ccc23)nc2ccccc21.[CH3][Ge]([CH3])([CH3])[c]1ccc(-c2[c-]cc(F)cc2)nc1.[Ir]. The quantitative estimate of drug-likeness (QED) is 0.112. The molecule has 7 heteroatoms. The van der Waals surface area contributed by atoms with Crippen LogP contribution in [0.1, 0.15) is 50.7 Å². The summed E-state index contributed by atoms with van der Waals surface area (Å²) in [5, 5.41) is 2.15. The Morgan fingerprint density at radius 2 is 1.30 bits per heavy atom. The molecule has 0 spiro atoms. The molecule has 0 N–H and O–H groups in total. The molecule has 3 heterocycles. The predicted octanol–water partition coefficient (Wildman–Crippen LogP) is 15.2. The topological polar surface area (TPSA) is 43.9 Å². The number of nitrogens with zero attached hydrogens (tertiary/aromatic N) is 3. The van der Waals surface area contributed by atoms with Crippen molar-refractivity contribution in [1.82, 2.24) is 14.5 Å². The number of imidazole rings is 1. The van der Waals surface area contributed by atoms with Gasteiger partial charge in [-0.25, -0.2) is 0 Å². The average molecular weight is 1080 g/mol. The zero-order chi connectivity index (χ0) is 43.8. The van der Waals surface area contributed by atoms with Gasteiger partial charge in [0.05, 0.1) is 22.4 Å². The van der Waals surface area contributed by atoms with Gasteiger partial charge in [0.15, 0.2) is 0 Å². The summed E-state index contributed by atoms with van der Waals surface area (Å²) in [5.74, 6) is 8.14. The monoisotopic (exact) mass is 1080 g/mol. The number of aromatic nitrogens is 3. The molecule has 1 radical (unpaired) electrons. The molecule has 321 valence electrons. The number of pyridine rings is 1. The van der Waals surface area contributed by atoms with Crippen LogP contribution in [0.2, 0.25) is 17.3 Å². The number of furan rings is 1. The van der Waals surface area contributed by atoms with Crippen LogP contribution >= 0.6 is 0 Å². The van der Waals surface area contributed by atoms with Gasteiger partial charge in [-0.2, -0.15) is 0 Å². The molecule has 0 unspecified atom stereocenters. The van der Waals surface area contributed by atoms with Crippen molar-refractivity contribution < 1.29 is 28.9 Å². The molecular weight excluding hydrogens is 1030 g/mol. The second-order valence-electron chi connectivity index (χ2n) is 17.8. The number of benzene rings is 7. The molecule has 64 heavy (non-hydrogen) atoms. The van der Waals surface area contributed by atoms with Crippen LogP contribution in [0.4, 0.5) is 4.39 Å². The first-order valence-corrected chi connectivity index (χ1v) is 29.1. The molecule has 0 fully saturated rings. The zero-order valence-electron chi connectivity index (χ0n) is 37.2. The molecule has 0 atom stereocenters. The molecule has 0 saturated heterocycles. The summed E-state index contributed by atoms with van der Waals surface area (Å²) < 4.78 is 23.2. The van der Waals surface area contributed by atoms with Crippen molar-refractivity contribution in [3.63, 3.8) is 0 Å². The number of hydrogen-bond acceptors (Lipinski definition) is 3. The van der Waals surface area contributed by atoms with E-state index in [-0.39, 0.29) is 37.8 Å². The zero-order valence-corrected chi connectivity index (χ0v) is 41.7. The molecule has 10 rings (SSSR count). The van der Waals surface area contributed by atoms with Crippen molar-refractivity contribution in [2.75, 3.05) is 0 Å². The third-order valence-corrected chi connectivity index (χ3v) is 16.0. The van der Waals surface area contributed by atoms with Gasteiger partial charge < -0.3 is 8.98 Å². The fraction of sp³-hybridized carbons (Fsp3) is 0.158. The second-order valence-corrected chi connectivity index (χ2v) is 28.5. The molecule has 0 aliphatic rings. The molecule has 0 amide bonds. The van der Waals surface area contributed by atoms with Crippen LogP contribution in [-0.4, -0.2) is 27.8 Å². The van der Waals surface area contributed by atoms with Crippen molar-refractivity contribution in [2.24, 2.45) is 0 Å². The van der Waals surface area contributed by atoms with E-state index in [1.807, 2.05) is 24.4 Å². The van der Waals surface area contributed by atoms with Crippen molar-refractivity contribution in [2.45, 2.75) is 56.8 Å². The molecule has 7 aromatic carbocycles. The van der Waals surface area contributed by atoms with Crippen LogP contribution in [0.5, 0.6) is 0 Å². The minimum atomic E-state index is -1.79. The summed E-state index contributed by atoms with van der Waals surface area (Å²) in [4.78, 5) is 9.74. The van der Waals surface area contributed by atoms with E-state index < -0.39 is 13.3 Å². The van der Waals surface area contributed by atoms with Gasteiger partial charge in [0, 0.05) is 31.2 Å². The maximum atomic E-state index is 12.8. The number of halogens is 1. The van der Waals surface area contributed by atoms with Crippen molar-refractivity contribution in [3.8, 4) is 50.6 Å². The van der Waals surface area contributed by atoms with Crippen LogP contribution in [0.3, 0.4) is 0 Å². The van der Waals surface area contributed by atoms with Gasteiger partial charge in [-0.05, 0) is 75.5 Å². The smallest absolute Gasteiger partial charge is 0 e. The van der Waals surface area contributed by atoms with E-state index in [0.717, 1.165) is 61.2 Å². The summed E-state index contributed by atoms with van der Waals surface area (Å²) in [6, 6.07) is 60.0. The Labute approximate surface area is 392 Å². The Hall–Kier alpha value is -5.92. The molecule has 0 aliphatic carbocycles. The van der Waals surface area contributed by atoms with Crippen LogP contribution in [-0.2, 0) is 20.1 Å². The van der Waals surface area contributed by atoms with Gasteiger partial charge in [-0.15, -0.1) is 18.2 Å². The van der Waals surface area contributed by atoms with E-state index in [2.05, 4.69) is 188 Å². The first-order valence-electron chi connectivity index (χ1n) is 21.7. The third-order valence-electron chi connectivity index (χ3n) is 11.7. The van der Waals surface area contributed by atoms with Crippen LogP contribution in [0, 0.1) is 17.9 Å². The van der Waals surface area contributed by atoms with E-state index in [9.17, 15) is 4.39 Å². The van der Waals surface area contributed by atoms with E-state index in [1.54, 1.807) is 6.07 Å². The summed E-state index contributed by atoms with van der Waals surface area (Å²) in [6.07, 6.45) is 1.95. The summed E-state index contributed by atoms with van der Waals surface area (Å²) in [5.41, 5.74) is 14.8. The van der Waals surface area contributed by atoms with Gasteiger partial charge in [-0.3, -0.25) is 4.98 Å². The minimum Gasteiger partial charge on any atom is 0 e. The predicted molar refractivity (Wildman–Crippen MR) is 263 cm³/mol.